The van der Waals surface area contributed by atoms with Crippen molar-refractivity contribution in [1.29, 1.82) is 0 Å². The molecule has 0 radical (unpaired) electrons. The third-order valence-corrected chi connectivity index (χ3v) is 3.08. The van der Waals surface area contributed by atoms with E-state index in [1.54, 1.807) is 18.3 Å². The van der Waals surface area contributed by atoms with Crippen LogP contribution in [0, 0.1) is 12.7 Å². The van der Waals surface area contributed by atoms with E-state index in [1.807, 2.05) is 19.1 Å². The number of nitrogen functional groups attached to an aromatic ring is 1. The molecule has 3 aromatic rings. The number of hydrogen-bond acceptors (Lipinski definition) is 4. The molecule has 0 saturated carbocycles. The van der Waals surface area contributed by atoms with Gasteiger partial charge in [0.15, 0.2) is 0 Å². The molecule has 0 fully saturated rings. The maximum absolute atomic E-state index is 13.0. The van der Waals surface area contributed by atoms with E-state index in [4.69, 9.17) is 10.3 Å². The zero-order valence-corrected chi connectivity index (χ0v) is 10.8. The monoisotopic (exact) mass is 269 g/mol. The molecule has 0 atom stereocenters. The van der Waals surface area contributed by atoms with E-state index >= 15 is 0 Å². The zero-order chi connectivity index (χ0) is 14.1. The molecule has 0 aliphatic rings. The summed E-state index contributed by atoms with van der Waals surface area (Å²) in [6.45, 7) is 1.93. The van der Waals surface area contributed by atoms with E-state index in [0.29, 0.717) is 17.0 Å². The van der Waals surface area contributed by atoms with Crippen LogP contribution in [0.2, 0.25) is 0 Å². The van der Waals surface area contributed by atoms with Gasteiger partial charge in [0.05, 0.1) is 11.3 Å². The minimum absolute atomic E-state index is 0.200. The molecule has 2 aromatic heterocycles. The fraction of sp³-hybridized carbons (Fsp3) is 0.0667. The quantitative estimate of drug-likeness (QED) is 0.774. The lowest BCUT2D eigenvalue weighted by Crippen LogP contribution is -1.93. The third kappa shape index (κ3) is 2.03. The van der Waals surface area contributed by atoms with E-state index in [1.165, 1.54) is 12.1 Å². The Morgan fingerprint density at radius 3 is 2.55 bits per heavy atom. The highest BCUT2D eigenvalue weighted by atomic mass is 19.1. The van der Waals surface area contributed by atoms with Crippen LogP contribution in [-0.2, 0) is 0 Å². The van der Waals surface area contributed by atoms with Gasteiger partial charge in [-0.25, -0.2) is 4.39 Å². The van der Waals surface area contributed by atoms with E-state index in [-0.39, 0.29) is 11.7 Å². The zero-order valence-electron chi connectivity index (χ0n) is 10.8. The molecule has 4 nitrogen and oxygen atoms in total. The van der Waals surface area contributed by atoms with Crippen LogP contribution >= 0.6 is 0 Å². The summed E-state index contributed by atoms with van der Waals surface area (Å²) >= 11 is 0. The molecule has 20 heavy (non-hydrogen) atoms. The van der Waals surface area contributed by atoms with Gasteiger partial charge in [0, 0.05) is 11.8 Å². The van der Waals surface area contributed by atoms with Crippen LogP contribution in [0.3, 0.4) is 0 Å². The number of pyridine rings is 1. The lowest BCUT2D eigenvalue weighted by atomic mass is 10.0. The Bertz CT molecular complexity index is 750. The first-order valence-electron chi connectivity index (χ1n) is 6.10. The summed E-state index contributed by atoms with van der Waals surface area (Å²) in [4.78, 5) is 4.33. The topological polar surface area (TPSA) is 64.9 Å². The van der Waals surface area contributed by atoms with Crippen LogP contribution in [0.15, 0.2) is 47.1 Å². The predicted octanol–water partition coefficient (Wildman–Crippen LogP) is 3.43. The van der Waals surface area contributed by atoms with Gasteiger partial charge in [-0.05, 0) is 42.8 Å². The molecule has 2 N–H and O–H groups in total. The van der Waals surface area contributed by atoms with Gasteiger partial charge >= 0.3 is 0 Å². The lowest BCUT2D eigenvalue weighted by Gasteiger charge is -2.05. The maximum Gasteiger partial charge on any atom is 0.232 e. The van der Waals surface area contributed by atoms with Crippen LogP contribution in [-0.4, -0.2) is 10.1 Å². The van der Waals surface area contributed by atoms with Crippen molar-refractivity contribution in [2.75, 3.05) is 5.73 Å². The number of aryl methyl sites for hydroxylation is 1. The van der Waals surface area contributed by atoms with Gasteiger partial charge in [-0.15, -0.1) is 0 Å². The summed E-state index contributed by atoms with van der Waals surface area (Å²) < 4.78 is 18.1. The van der Waals surface area contributed by atoms with Gasteiger partial charge in [-0.1, -0.05) is 11.2 Å². The van der Waals surface area contributed by atoms with E-state index in [2.05, 4.69) is 10.1 Å². The molecular formula is C15H12FN3O. The molecule has 0 unspecified atom stereocenters. The Morgan fingerprint density at radius 2 is 1.85 bits per heavy atom. The molecule has 0 aliphatic carbocycles. The summed E-state index contributed by atoms with van der Waals surface area (Å²) in [5, 5.41) is 3.97. The number of benzene rings is 1. The van der Waals surface area contributed by atoms with Crippen molar-refractivity contribution >= 4 is 5.88 Å². The first-order chi connectivity index (χ1) is 9.66. The maximum atomic E-state index is 13.0. The highest BCUT2D eigenvalue weighted by Gasteiger charge is 2.19. The van der Waals surface area contributed by atoms with Gasteiger partial charge in [0.1, 0.15) is 11.5 Å². The van der Waals surface area contributed by atoms with E-state index < -0.39 is 0 Å². The Hall–Kier alpha value is -2.69. The second-order valence-electron chi connectivity index (χ2n) is 4.45. The average Bonchev–Trinajstić information content (AvgIpc) is 2.82. The largest absolute Gasteiger partial charge is 0.367 e. The molecule has 2 heterocycles. The molecule has 0 saturated heterocycles. The first-order valence-corrected chi connectivity index (χ1v) is 6.10. The summed E-state index contributed by atoms with van der Waals surface area (Å²) in [7, 11) is 0. The molecule has 3 rings (SSSR count). The Labute approximate surface area is 115 Å². The van der Waals surface area contributed by atoms with Crippen molar-refractivity contribution in [3.8, 4) is 22.5 Å². The summed E-state index contributed by atoms with van der Waals surface area (Å²) in [6.07, 6.45) is 1.68. The SMILES string of the molecule is Cc1cccnc1-c1c(-c2ccc(F)cc2)noc1N. The number of halogens is 1. The predicted molar refractivity (Wildman–Crippen MR) is 74.3 cm³/mol. The fourth-order valence-electron chi connectivity index (χ4n) is 2.08. The van der Waals surface area contributed by atoms with Gasteiger partial charge in [-0.3, -0.25) is 4.98 Å². The number of aromatic nitrogens is 2. The van der Waals surface area contributed by atoms with Crippen molar-refractivity contribution in [3.05, 3.63) is 54.0 Å². The summed E-state index contributed by atoms with van der Waals surface area (Å²) in [6, 6.07) is 9.79. The average molecular weight is 269 g/mol. The van der Waals surface area contributed by atoms with Crippen molar-refractivity contribution in [3.63, 3.8) is 0 Å². The van der Waals surface area contributed by atoms with Gasteiger partial charge in [0.2, 0.25) is 5.88 Å². The molecule has 5 heteroatoms. The second kappa shape index (κ2) is 4.77. The third-order valence-electron chi connectivity index (χ3n) is 3.08. The number of rotatable bonds is 2. The van der Waals surface area contributed by atoms with Crippen molar-refractivity contribution in [1.82, 2.24) is 10.1 Å². The van der Waals surface area contributed by atoms with Crippen LogP contribution in [0.25, 0.3) is 22.5 Å². The van der Waals surface area contributed by atoms with Crippen LogP contribution in [0.1, 0.15) is 5.56 Å². The minimum Gasteiger partial charge on any atom is -0.367 e. The van der Waals surface area contributed by atoms with Crippen LogP contribution in [0.5, 0.6) is 0 Å². The van der Waals surface area contributed by atoms with E-state index in [0.717, 1.165) is 11.1 Å². The molecule has 0 spiro atoms. The Kier molecular flexibility index (Phi) is 2.95. The van der Waals surface area contributed by atoms with Crippen molar-refractivity contribution < 1.29 is 8.91 Å². The number of nitrogens with zero attached hydrogens (tertiary/aromatic N) is 2. The summed E-state index contributed by atoms with van der Waals surface area (Å²) in [5.74, 6) is -0.105. The minimum atomic E-state index is -0.305. The first kappa shape index (κ1) is 12.3. The van der Waals surface area contributed by atoms with Crippen molar-refractivity contribution in [2.24, 2.45) is 0 Å². The second-order valence-corrected chi connectivity index (χ2v) is 4.45. The molecule has 0 bridgehead atoms. The van der Waals surface area contributed by atoms with Gasteiger partial charge in [0.25, 0.3) is 0 Å². The number of hydrogen-bond donors (Lipinski definition) is 1. The highest BCUT2D eigenvalue weighted by Crippen LogP contribution is 2.36. The van der Waals surface area contributed by atoms with Crippen molar-refractivity contribution in [2.45, 2.75) is 6.92 Å². The Morgan fingerprint density at radius 1 is 1.10 bits per heavy atom. The van der Waals surface area contributed by atoms with Crippen LogP contribution in [0.4, 0.5) is 10.3 Å². The van der Waals surface area contributed by atoms with Crippen LogP contribution < -0.4 is 5.73 Å². The van der Waals surface area contributed by atoms with Gasteiger partial charge < -0.3 is 10.3 Å². The molecule has 0 amide bonds. The molecule has 0 aliphatic heterocycles. The highest BCUT2D eigenvalue weighted by molar-refractivity contribution is 5.86. The standard InChI is InChI=1S/C15H12FN3O/c1-9-3-2-8-18-13(9)12-14(19-20-15(12)17)10-4-6-11(16)7-5-10/h2-8H,17H2,1H3. The smallest absolute Gasteiger partial charge is 0.232 e. The lowest BCUT2D eigenvalue weighted by molar-refractivity contribution is 0.439. The fourth-order valence-corrected chi connectivity index (χ4v) is 2.08. The number of nitrogens with two attached hydrogens (primary N) is 1. The molecule has 1 aromatic carbocycles. The van der Waals surface area contributed by atoms with Gasteiger partial charge in [-0.2, -0.15) is 0 Å². The molecule has 100 valence electrons. The number of anilines is 1. The summed E-state index contributed by atoms with van der Waals surface area (Å²) in [5.41, 5.74) is 9.47. The normalized spacial score (nSPS) is 10.7. The molecular weight excluding hydrogens is 257 g/mol. The van der Waals surface area contributed by atoms with E-state index in [9.17, 15) is 4.39 Å². The Balaban J connectivity index is 2.20.